The summed E-state index contributed by atoms with van der Waals surface area (Å²) in [4.78, 5) is 0. The summed E-state index contributed by atoms with van der Waals surface area (Å²) in [5.41, 5.74) is 6.48. The third-order valence-corrected chi connectivity index (χ3v) is 3.62. The van der Waals surface area contributed by atoms with Crippen molar-refractivity contribution in [3.05, 3.63) is 48.0 Å². The number of hydrogen-bond acceptors (Lipinski definition) is 1. The second-order valence-corrected chi connectivity index (χ2v) is 5.11. The molecule has 0 aliphatic carbocycles. The van der Waals surface area contributed by atoms with Crippen LogP contribution in [0.1, 0.15) is 25.6 Å². The van der Waals surface area contributed by atoms with Gasteiger partial charge in [0.2, 0.25) is 0 Å². The Balaban J connectivity index is 2.47. The summed E-state index contributed by atoms with van der Waals surface area (Å²) in [7, 11) is 0. The van der Waals surface area contributed by atoms with Crippen LogP contribution in [0.4, 0.5) is 4.39 Å². The molecule has 2 atom stereocenters. The highest BCUT2D eigenvalue weighted by molar-refractivity contribution is 5.86. The van der Waals surface area contributed by atoms with Crippen LogP contribution in [0.25, 0.3) is 10.8 Å². The summed E-state index contributed by atoms with van der Waals surface area (Å²) in [5.74, 6) is 0.111. The largest absolute Gasteiger partial charge is 0.330 e. The number of hydrogen-bond donors (Lipinski definition) is 1. The van der Waals surface area contributed by atoms with Gasteiger partial charge in [-0.25, -0.2) is 4.39 Å². The van der Waals surface area contributed by atoms with E-state index in [9.17, 15) is 4.39 Å². The van der Waals surface area contributed by atoms with E-state index in [0.29, 0.717) is 6.54 Å². The molecule has 0 aromatic heterocycles. The van der Waals surface area contributed by atoms with Crippen LogP contribution in [0, 0.1) is 11.8 Å². The summed E-state index contributed by atoms with van der Waals surface area (Å²) < 4.78 is 14.7. The zero-order valence-electron chi connectivity index (χ0n) is 10.9. The van der Waals surface area contributed by atoms with Gasteiger partial charge >= 0.3 is 0 Å². The van der Waals surface area contributed by atoms with E-state index in [1.165, 1.54) is 0 Å². The van der Waals surface area contributed by atoms with Gasteiger partial charge in [-0.2, -0.15) is 0 Å². The van der Waals surface area contributed by atoms with Crippen LogP contribution in [0.5, 0.6) is 0 Å². The summed E-state index contributed by atoms with van der Waals surface area (Å²) in [6.07, 6.45) is -0.999. The highest BCUT2D eigenvalue weighted by Gasteiger charge is 2.25. The SMILES string of the molecule is CC(C)C(CN)C(F)c1cccc2ccccc12. The van der Waals surface area contributed by atoms with Crippen molar-refractivity contribution < 1.29 is 4.39 Å². The van der Waals surface area contributed by atoms with Crippen LogP contribution in [-0.2, 0) is 0 Å². The Morgan fingerprint density at radius 3 is 2.39 bits per heavy atom. The maximum atomic E-state index is 14.7. The zero-order chi connectivity index (χ0) is 13.1. The molecule has 1 nitrogen and oxygen atoms in total. The minimum atomic E-state index is -0.999. The molecule has 0 saturated heterocycles. The topological polar surface area (TPSA) is 26.0 Å². The summed E-state index contributed by atoms with van der Waals surface area (Å²) in [5, 5.41) is 2.07. The lowest BCUT2D eigenvalue weighted by Crippen LogP contribution is -2.24. The maximum absolute atomic E-state index is 14.7. The molecule has 0 aliphatic rings. The fraction of sp³-hybridized carbons (Fsp3) is 0.375. The van der Waals surface area contributed by atoms with Crippen LogP contribution >= 0.6 is 0 Å². The first-order valence-corrected chi connectivity index (χ1v) is 6.47. The Hall–Kier alpha value is -1.41. The minimum Gasteiger partial charge on any atom is -0.330 e. The Bertz CT molecular complexity index is 516. The van der Waals surface area contributed by atoms with Gasteiger partial charge in [0, 0.05) is 5.92 Å². The van der Waals surface area contributed by atoms with E-state index in [1.54, 1.807) is 0 Å². The molecule has 0 fully saturated rings. The molecule has 0 heterocycles. The molecule has 2 aromatic carbocycles. The molecule has 0 radical (unpaired) electrons. The summed E-state index contributed by atoms with van der Waals surface area (Å²) >= 11 is 0. The highest BCUT2D eigenvalue weighted by atomic mass is 19.1. The molecule has 0 amide bonds. The van der Waals surface area contributed by atoms with Gasteiger partial charge in [0.1, 0.15) is 6.17 Å². The first-order valence-electron chi connectivity index (χ1n) is 6.47. The standard InChI is InChI=1S/C16H20FN/c1-11(2)15(10-18)16(17)14-9-5-7-12-6-3-4-8-13(12)14/h3-9,11,15-16H,10,18H2,1-2H3. The normalized spacial score (nSPS) is 14.9. The average molecular weight is 245 g/mol. The van der Waals surface area contributed by atoms with Gasteiger partial charge < -0.3 is 5.73 Å². The van der Waals surface area contributed by atoms with Crippen LogP contribution in [0.15, 0.2) is 42.5 Å². The van der Waals surface area contributed by atoms with Gasteiger partial charge in [0.05, 0.1) is 0 Å². The van der Waals surface area contributed by atoms with Gasteiger partial charge in [0.15, 0.2) is 0 Å². The highest BCUT2D eigenvalue weighted by Crippen LogP contribution is 2.34. The second-order valence-electron chi connectivity index (χ2n) is 5.11. The molecule has 18 heavy (non-hydrogen) atoms. The van der Waals surface area contributed by atoms with Crippen LogP contribution in [0.2, 0.25) is 0 Å². The third-order valence-electron chi connectivity index (χ3n) is 3.62. The van der Waals surface area contributed by atoms with E-state index < -0.39 is 6.17 Å². The van der Waals surface area contributed by atoms with Gasteiger partial charge in [-0.05, 0) is 28.8 Å². The van der Waals surface area contributed by atoms with E-state index in [-0.39, 0.29) is 11.8 Å². The first kappa shape index (κ1) is 13.0. The fourth-order valence-electron chi connectivity index (χ4n) is 2.45. The molecule has 0 aliphatic heterocycles. The Labute approximate surface area is 108 Å². The predicted molar refractivity (Wildman–Crippen MR) is 75.2 cm³/mol. The fourth-order valence-corrected chi connectivity index (χ4v) is 2.45. The van der Waals surface area contributed by atoms with E-state index in [1.807, 2.05) is 56.3 Å². The van der Waals surface area contributed by atoms with E-state index in [0.717, 1.165) is 16.3 Å². The van der Waals surface area contributed by atoms with Crippen molar-refractivity contribution in [3.8, 4) is 0 Å². The summed E-state index contributed by atoms with van der Waals surface area (Å²) in [6.45, 7) is 4.42. The van der Waals surface area contributed by atoms with Crippen molar-refractivity contribution in [1.29, 1.82) is 0 Å². The lowest BCUT2D eigenvalue weighted by atomic mass is 9.86. The average Bonchev–Trinajstić information content (AvgIpc) is 2.38. The predicted octanol–water partition coefficient (Wildman–Crippen LogP) is 4.08. The Morgan fingerprint density at radius 1 is 1.06 bits per heavy atom. The molecule has 2 N–H and O–H groups in total. The number of halogens is 1. The van der Waals surface area contributed by atoms with Gasteiger partial charge in [-0.1, -0.05) is 56.3 Å². The van der Waals surface area contributed by atoms with Crippen LogP contribution < -0.4 is 5.73 Å². The summed E-state index contributed by atoms with van der Waals surface area (Å²) in [6, 6.07) is 13.7. The first-order chi connectivity index (χ1) is 8.65. The lowest BCUT2D eigenvalue weighted by molar-refractivity contribution is 0.190. The van der Waals surface area contributed by atoms with Gasteiger partial charge in [-0.15, -0.1) is 0 Å². The van der Waals surface area contributed by atoms with Crippen molar-refractivity contribution >= 4 is 10.8 Å². The van der Waals surface area contributed by atoms with E-state index in [2.05, 4.69) is 0 Å². The molecule has 0 spiro atoms. The maximum Gasteiger partial charge on any atom is 0.130 e. The van der Waals surface area contributed by atoms with E-state index in [4.69, 9.17) is 5.73 Å². The van der Waals surface area contributed by atoms with Gasteiger partial charge in [-0.3, -0.25) is 0 Å². The third kappa shape index (κ3) is 2.39. The second kappa shape index (κ2) is 5.49. The molecule has 0 saturated carbocycles. The number of fused-ring (bicyclic) bond motifs is 1. The van der Waals surface area contributed by atoms with E-state index >= 15 is 0 Å². The quantitative estimate of drug-likeness (QED) is 0.863. The number of benzene rings is 2. The van der Waals surface area contributed by atoms with Crippen LogP contribution in [-0.4, -0.2) is 6.54 Å². The molecule has 2 unspecified atom stereocenters. The van der Waals surface area contributed by atoms with Crippen molar-refractivity contribution in [3.63, 3.8) is 0 Å². The molecule has 2 aromatic rings. The van der Waals surface area contributed by atoms with Crippen molar-refractivity contribution in [2.45, 2.75) is 20.0 Å². The number of nitrogens with two attached hydrogens (primary N) is 1. The Kier molecular flexibility index (Phi) is 3.97. The van der Waals surface area contributed by atoms with Gasteiger partial charge in [0.25, 0.3) is 0 Å². The molecule has 2 rings (SSSR count). The molecular weight excluding hydrogens is 225 g/mol. The zero-order valence-corrected chi connectivity index (χ0v) is 10.9. The Morgan fingerprint density at radius 2 is 1.72 bits per heavy atom. The van der Waals surface area contributed by atoms with Crippen molar-refractivity contribution in [2.24, 2.45) is 17.6 Å². The monoisotopic (exact) mass is 245 g/mol. The van der Waals surface area contributed by atoms with Crippen molar-refractivity contribution in [1.82, 2.24) is 0 Å². The molecule has 2 heteroatoms. The smallest absolute Gasteiger partial charge is 0.130 e. The minimum absolute atomic E-state index is 0.129. The van der Waals surface area contributed by atoms with Crippen molar-refractivity contribution in [2.75, 3.05) is 6.54 Å². The number of rotatable bonds is 4. The van der Waals surface area contributed by atoms with Crippen LogP contribution in [0.3, 0.4) is 0 Å². The molecule has 0 bridgehead atoms. The molecular formula is C16H20FN. The molecule has 96 valence electrons. The lowest BCUT2D eigenvalue weighted by Gasteiger charge is -2.24. The number of alkyl halides is 1.